The normalized spacial score (nSPS) is 13.1. The zero-order valence-electron chi connectivity index (χ0n) is 48.1. The first kappa shape index (κ1) is 61.5. The van der Waals surface area contributed by atoms with Crippen LogP contribution in [0.2, 0.25) is 0 Å². The molecule has 412 valence electrons. The molecule has 2 aliphatic heterocycles. The largest absolute Gasteiger partial charge is 0.277 e. The molecule has 4 amide bonds. The lowest BCUT2D eigenvalue weighted by Gasteiger charge is -2.27. The van der Waals surface area contributed by atoms with Gasteiger partial charge in [0.15, 0.2) is 0 Å². The summed E-state index contributed by atoms with van der Waals surface area (Å²) < 4.78 is 0. The molecule has 0 fully saturated rings. The predicted octanol–water partition coefficient (Wildman–Crippen LogP) is 20.7. The van der Waals surface area contributed by atoms with E-state index in [-0.39, 0.29) is 23.6 Å². The van der Waals surface area contributed by atoms with Crippen LogP contribution < -0.4 is 0 Å². The number of amides is 4. The first-order valence-electron chi connectivity index (χ1n) is 30.3. The van der Waals surface area contributed by atoms with Crippen LogP contribution in [-0.2, 0) is 0 Å². The van der Waals surface area contributed by atoms with Gasteiger partial charge in [-0.25, -0.2) is 0 Å². The SMILES string of the molecule is C=CCCCCCCCCC(C)CCCCCCCCC=C.C=CCCCCCCCCC(C)CCCCCCCCC=C.CN1C(=O)c2ccc3c4ccc5c6c(ccc(c7ccc(c2c37)C1=O)c64)C(=O)N(C)C5=O. The number of fused-ring (bicyclic) bond motifs is 2. The zero-order valence-corrected chi connectivity index (χ0v) is 48.1. The predicted molar refractivity (Wildman–Crippen MR) is 327 cm³/mol. The number of allylic oxidation sites excluding steroid dienone is 4. The van der Waals surface area contributed by atoms with E-state index in [2.05, 4.69) is 40.2 Å². The average molecular weight is 1030 g/mol. The average Bonchev–Trinajstić information content (AvgIpc) is 3.57. The molecule has 0 atom stereocenters. The summed E-state index contributed by atoms with van der Waals surface area (Å²) in [4.78, 5) is 53.7. The van der Waals surface area contributed by atoms with Crippen molar-refractivity contribution in [1.29, 1.82) is 0 Å². The van der Waals surface area contributed by atoms with Crippen molar-refractivity contribution < 1.29 is 19.2 Å². The minimum Gasteiger partial charge on any atom is -0.277 e. The molecule has 76 heavy (non-hydrogen) atoms. The van der Waals surface area contributed by atoms with Gasteiger partial charge in [-0.3, -0.25) is 29.0 Å². The van der Waals surface area contributed by atoms with Crippen LogP contribution in [0.25, 0.3) is 43.1 Å². The van der Waals surface area contributed by atoms with Gasteiger partial charge in [0.1, 0.15) is 0 Å². The van der Waals surface area contributed by atoms with Gasteiger partial charge >= 0.3 is 0 Å². The standard InChI is InChI=1S/C26H14N2O4.2C22H42/c1-27-23(29)15-7-3-11-13-5-9-17-22-18(26(32)28(2)25(17)31)10-6-14(20(13)22)12-4-8-16(24(27)30)21(15)19(11)12;2*1-4-6-8-10-12-14-16-18-20-22(3)21-19-17-15-13-11-9-7-5-2/h3-10H,1-2H3;2*4-5,22H,1-2,6-21H2,3H3. The van der Waals surface area contributed by atoms with Crippen LogP contribution in [-0.4, -0.2) is 47.5 Å². The van der Waals surface area contributed by atoms with Gasteiger partial charge in [-0.05, 0) is 120 Å². The Labute approximate surface area is 460 Å². The maximum Gasteiger partial charge on any atom is 0.261 e. The Morgan fingerprint density at radius 2 is 0.513 bits per heavy atom. The van der Waals surface area contributed by atoms with E-state index in [9.17, 15) is 19.2 Å². The van der Waals surface area contributed by atoms with Gasteiger partial charge in [0.25, 0.3) is 23.6 Å². The summed E-state index contributed by atoms with van der Waals surface area (Å²) >= 11 is 0. The number of carbonyl (C=O) groups excluding carboxylic acids is 4. The van der Waals surface area contributed by atoms with Gasteiger partial charge in [-0.2, -0.15) is 0 Å². The number of hydrogen-bond acceptors (Lipinski definition) is 4. The van der Waals surface area contributed by atoms with Crippen LogP contribution in [0.3, 0.4) is 0 Å². The molecule has 0 aliphatic carbocycles. The number of nitrogens with zero attached hydrogens (tertiary/aromatic N) is 2. The Kier molecular flexibility index (Phi) is 27.3. The van der Waals surface area contributed by atoms with Crippen LogP contribution >= 0.6 is 0 Å². The maximum absolute atomic E-state index is 12.8. The minimum atomic E-state index is -0.318. The molecule has 0 aromatic heterocycles. The fourth-order valence-electron chi connectivity index (χ4n) is 11.8. The first-order valence-corrected chi connectivity index (χ1v) is 30.3. The molecule has 0 saturated carbocycles. The molecule has 0 spiro atoms. The number of unbranched alkanes of at least 4 members (excludes halogenated alkanes) is 24. The number of imide groups is 2. The van der Waals surface area contributed by atoms with E-state index in [0.29, 0.717) is 33.0 Å². The Morgan fingerprint density at radius 3 is 0.724 bits per heavy atom. The zero-order chi connectivity index (χ0) is 54.7. The van der Waals surface area contributed by atoms with Crippen molar-refractivity contribution in [2.75, 3.05) is 14.1 Å². The third-order valence-corrected chi connectivity index (χ3v) is 16.5. The summed E-state index contributed by atoms with van der Waals surface area (Å²) in [5.74, 6) is 0.619. The van der Waals surface area contributed by atoms with E-state index in [4.69, 9.17) is 0 Å². The number of hydrogen-bond donors (Lipinski definition) is 0. The summed E-state index contributed by atoms with van der Waals surface area (Å²) in [5, 5.41) is 6.60. The van der Waals surface area contributed by atoms with E-state index < -0.39 is 0 Å². The first-order chi connectivity index (χ1) is 37.0. The van der Waals surface area contributed by atoms with Crippen molar-refractivity contribution in [3.05, 3.63) is 121 Å². The number of rotatable bonds is 36. The van der Waals surface area contributed by atoms with Gasteiger partial charge in [0.05, 0.1) is 0 Å². The molecule has 6 nitrogen and oxygen atoms in total. The fourth-order valence-corrected chi connectivity index (χ4v) is 11.8. The van der Waals surface area contributed by atoms with Crippen LogP contribution in [0, 0.1) is 11.8 Å². The molecule has 0 unspecified atom stereocenters. The van der Waals surface area contributed by atoms with E-state index in [0.717, 1.165) is 54.0 Å². The van der Waals surface area contributed by atoms with Crippen LogP contribution in [0.4, 0.5) is 0 Å². The molecule has 0 bridgehead atoms. The third kappa shape index (κ3) is 17.3. The highest BCUT2D eigenvalue weighted by molar-refractivity contribution is 6.41. The van der Waals surface area contributed by atoms with Crippen molar-refractivity contribution >= 4 is 66.7 Å². The van der Waals surface area contributed by atoms with Gasteiger partial charge in [0.2, 0.25) is 0 Å². The molecular weight excluding hydrogens is 933 g/mol. The summed E-state index contributed by atoms with van der Waals surface area (Å²) in [7, 11) is 2.99. The van der Waals surface area contributed by atoms with Crippen molar-refractivity contribution in [3.63, 3.8) is 0 Å². The molecule has 5 aromatic rings. The second kappa shape index (κ2) is 33.7. The summed E-state index contributed by atoms with van der Waals surface area (Å²) in [6, 6.07) is 14.7. The summed E-state index contributed by atoms with van der Waals surface area (Å²) in [6.45, 7) is 20.0. The second-order valence-electron chi connectivity index (χ2n) is 22.6. The topological polar surface area (TPSA) is 74.8 Å². The Bertz CT molecular complexity index is 2310. The van der Waals surface area contributed by atoms with Crippen LogP contribution in [0.15, 0.2) is 99.2 Å². The lowest BCUT2D eigenvalue weighted by molar-refractivity contribution is 0.0635. The number of carbonyl (C=O) groups is 4. The van der Waals surface area contributed by atoms with Crippen molar-refractivity contribution in [2.24, 2.45) is 11.8 Å². The summed E-state index contributed by atoms with van der Waals surface area (Å²) in [6.07, 6.45) is 52.8. The van der Waals surface area contributed by atoms with E-state index >= 15 is 0 Å². The van der Waals surface area contributed by atoms with Crippen molar-refractivity contribution in [1.82, 2.24) is 9.80 Å². The van der Waals surface area contributed by atoms with Gasteiger partial charge in [-0.15, -0.1) is 26.3 Å². The monoisotopic (exact) mass is 1030 g/mol. The van der Waals surface area contributed by atoms with Gasteiger partial charge in [0, 0.05) is 47.1 Å². The van der Waals surface area contributed by atoms with Gasteiger partial charge in [-0.1, -0.05) is 217 Å². The van der Waals surface area contributed by atoms with Crippen LogP contribution in [0.5, 0.6) is 0 Å². The quantitative estimate of drug-likeness (QED) is 0.0132. The Morgan fingerprint density at radius 1 is 0.316 bits per heavy atom. The number of benzene rings is 5. The van der Waals surface area contributed by atoms with Crippen LogP contribution in [0.1, 0.15) is 261 Å². The van der Waals surface area contributed by atoms with Crippen molar-refractivity contribution in [2.45, 2.75) is 219 Å². The molecular formula is C70H98N2O4. The molecule has 0 radical (unpaired) electrons. The Hall–Kier alpha value is -5.36. The third-order valence-electron chi connectivity index (χ3n) is 16.5. The molecule has 0 saturated heterocycles. The highest BCUT2D eigenvalue weighted by Crippen LogP contribution is 2.46. The minimum absolute atomic E-state index is 0.318. The summed E-state index contributed by atoms with van der Waals surface area (Å²) in [5.41, 5.74) is 2.01. The van der Waals surface area contributed by atoms with E-state index in [1.807, 2.05) is 48.6 Å². The van der Waals surface area contributed by atoms with E-state index in [1.54, 1.807) is 24.3 Å². The lowest BCUT2D eigenvalue weighted by atomic mass is 9.82. The maximum atomic E-state index is 12.8. The highest BCUT2D eigenvalue weighted by atomic mass is 16.2. The molecule has 7 rings (SSSR count). The lowest BCUT2D eigenvalue weighted by Crippen LogP contribution is -2.37. The second-order valence-corrected chi connectivity index (χ2v) is 22.6. The van der Waals surface area contributed by atoms with Gasteiger partial charge < -0.3 is 0 Å². The Balaban J connectivity index is 0.000000219. The molecule has 0 N–H and O–H groups in total. The molecule has 2 aliphatic rings. The van der Waals surface area contributed by atoms with E-state index in [1.165, 1.54) is 220 Å². The fraction of sp³-hybridized carbons (Fsp3) is 0.543. The van der Waals surface area contributed by atoms with Crippen molar-refractivity contribution in [3.8, 4) is 0 Å². The molecule has 5 aromatic carbocycles. The molecule has 2 heterocycles. The highest BCUT2D eigenvalue weighted by Gasteiger charge is 2.34. The smallest absolute Gasteiger partial charge is 0.261 e. The molecule has 6 heteroatoms.